The lowest BCUT2D eigenvalue weighted by Crippen LogP contribution is -2.27. The van der Waals surface area contributed by atoms with Crippen molar-refractivity contribution in [1.29, 1.82) is 0 Å². The average Bonchev–Trinajstić information content (AvgIpc) is 2.90. The molecule has 1 aromatic heterocycles. The molecule has 0 aliphatic rings. The molecule has 24 heavy (non-hydrogen) atoms. The molecule has 0 radical (unpaired) electrons. The van der Waals surface area contributed by atoms with E-state index in [0.29, 0.717) is 28.5 Å². The molecular formula is C16H21N3O5. The van der Waals surface area contributed by atoms with Gasteiger partial charge in [-0.2, -0.15) is 0 Å². The van der Waals surface area contributed by atoms with Crippen molar-refractivity contribution in [3.8, 4) is 22.8 Å². The van der Waals surface area contributed by atoms with Crippen LogP contribution in [-0.4, -0.2) is 31.1 Å². The molecule has 8 nitrogen and oxygen atoms in total. The summed E-state index contributed by atoms with van der Waals surface area (Å²) < 4.78 is 21.1. The second-order valence-electron chi connectivity index (χ2n) is 6.00. The molecule has 0 aliphatic heterocycles. The van der Waals surface area contributed by atoms with Crippen molar-refractivity contribution in [2.45, 2.75) is 26.4 Å². The maximum absolute atomic E-state index is 12.1. The molecule has 130 valence electrons. The summed E-state index contributed by atoms with van der Waals surface area (Å²) >= 11 is 0. The zero-order valence-corrected chi connectivity index (χ0v) is 14.3. The molecule has 1 aromatic carbocycles. The fourth-order valence-corrected chi connectivity index (χ4v) is 2.04. The molecule has 0 spiro atoms. The molecule has 1 amide bonds. The quantitative estimate of drug-likeness (QED) is 0.882. The third kappa shape index (κ3) is 4.09. The van der Waals surface area contributed by atoms with Gasteiger partial charge in [-0.3, -0.25) is 5.32 Å². The van der Waals surface area contributed by atoms with Crippen LogP contribution in [0.25, 0.3) is 11.3 Å². The lowest BCUT2D eigenvalue weighted by atomic mass is 10.1. The number of carbonyl (C=O) groups is 1. The van der Waals surface area contributed by atoms with Gasteiger partial charge in [0.2, 0.25) is 0 Å². The maximum Gasteiger partial charge on any atom is 0.412 e. The van der Waals surface area contributed by atoms with E-state index >= 15 is 0 Å². The molecule has 0 bridgehead atoms. The van der Waals surface area contributed by atoms with E-state index in [4.69, 9.17) is 24.5 Å². The largest absolute Gasteiger partial charge is 0.493 e. The van der Waals surface area contributed by atoms with Gasteiger partial charge in [-0.1, -0.05) is 5.16 Å². The Balaban J connectivity index is 2.42. The minimum Gasteiger partial charge on any atom is -0.493 e. The van der Waals surface area contributed by atoms with Gasteiger partial charge in [0.25, 0.3) is 0 Å². The molecule has 2 rings (SSSR count). The Bertz CT molecular complexity index is 734. The number of methoxy groups -OCH3 is 2. The number of nitrogens with two attached hydrogens (primary N) is 1. The van der Waals surface area contributed by atoms with Gasteiger partial charge in [0.15, 0.2) is 23.1 Å². The van der Waals surface area contributed by atoms with Crippen molar-refractivity contribution in [3.05, 3.63) is 18.2 Å². The Hall–Kier alpha value is -2.90. The zero-order valence-electron chi connectivity index (χ0n) is 14.3. The SMILES string of the molecule is COc1cc(-c2cc(N)no2)cc(NC(=O)OC(C)(C)C)c1OC. The van der Waals surface area contributed by atoms with E-state index < -0.39 is 11.7 Å². The molecule has 0 saturated heterocycles. The highest BCUT2D eigenvalue weighted by molar-refractivity contribution is 5.89. The van der Waals surface area contributed by atoms with Crippen LogP contribution in [0.2, 0.25) is 0 Å². The number of hydrogen-bond acceptors (Lipinski definition) is 7. The number of nitrogens with zero attached hydrogens (tertiary/aromatic N) is 1. The molecule has 0 atom stereocenters. The number of amides is 1. The number of benzene rings is 1. The van der Waals surface area contributed by atoms with Crippen LogP contribution >= 0.6 is 0 Å². The van der Waals surface area contributed by atoms with Crippen LogP contribution in [0.1, 0.15) is 20.8 Å². The Labute approximate surface area is 139 Å². The first-order valence-electron chi connectivity index (χ1n) is 7.22. The van der Waals surface area contributed by atoms with Crippen LogP contribution in [0.15, 0.2) is 22.7 Å². The van der Waals surface area contributed by atoms with Crippen molar-refractivity contribution >= 4 is 17.6 Å². The molecular weight excluding hydrogens is 314 g/mol. The lowest BCUT2D eigenvalue weighted by molar-refractivity contribution is 0.0635. The monoisotopic (exact) mass is 335 g/mol. The molecule has 3 N–H and O–H groups in total. The van der Waals surface area contributed by atoms with Gasteiger partial charge in [-0.05, 0) is 32.9 Å². The van der Waals surface area contributed by atoms with Crippen molar-refractivity contribution in [2.24, 2.45) is 0 Å². The van der Waals surface area contributed by atoms with Crippen LogP contribution < -0.4 is 20.5 Å². The lowest BCUT2D eigenvalue weighted by Gasteiger charge is -2.21. The van der Waals surface area contributed by atoms with Gasteiger partial charge in [0.1, 0.15) is 5.60 Å². The minimum atomic E-state index is -0.627. The van der Waals surface area contributed by atoms with Crippen LogP contribution in [0.5, 0.6) is 11.5 Å². The highest BCUT2D eigenvalue weighted by Crippen LogP contribution is 2.40. The van der Waals surface area contributed by atoms with Crippen molar-refractivity contribution < 1.29 is 23.5 Å². The summed E-state index contributed by atoms with van der Waals surface area (Å²) in [7, 11) is 2.97. The molecule has 2 aromatic rings. The first-order chi connectivity index (χ1) is 11.2. The van der Waals surface area contributed by atoms with Crippen molar-refractivity contribution in [1.82, 2.24) is 5.16 Å². The number of nitrogens with one attached hydrogen (secondary N) is 1. The van der Waals surface area contributed by atoms with Gasteiger partial charge in [-0.25, -0.2) is 4.79 Å². The number of carbonyl (C=O) groups excluding carboxylic acids is 1. The number of anilines is 2. The molecule has 0 fully saturated rings. The summed E-state index contributed by atoms with van der Waals surface area (Å²) in [6.07, 6.45) is -0.614. The third-order valence-corrected chi connectivity index (χ3v) is 2.93. The first kappa shape index (κ1) is 17.5. The Kier molecular flexibility index (Phi) is 4.87. The zero-order chi connectivity index (χ0) is 17.9. The number of rotatable bonds is 4. The van der Waals surface area contributed by atoms with Crippen LogP contribution in [0.4, 0.5) is 16.3 Å². The molecule has 1 heterocycles. The number of aromatic nitrogens is 1. The standard InChI is InChI=1S/C16H21N3O5/c1-16(2,3)23-15(20)18-10-6-9(11-8-13(17)19-24-11)7-12(21-4)14(10)22-5/h6-8H,1-5H3,(H2,17,19)(H,18,20). The van der Waals surface area contributed by atoms with Gasteiger partial charge < -0.3 is 24.5 Å². The Morgan fingerprint density at radius 2 is 1.92 bits per heavy atom. The van der Waals surface area contributed by atoms with E-state index in [-0.39, 0.29) is 5.82 Å². The average molecular weight is 335 g/mol. The van der Waals surface area contributed by atoms with E-state index in [1.54, 1.807) is 39.0 Å². The third-order valence-electron chi connectivity index (χ3n) is 2.93. The summed E-state index contributed by atoms with van der Waals surface area (Å²) in [6, 6.07) is 4.92. The summed E-state index contributed by atoms with van der Waals surface area (Å²) in [5.74, 6) is 1.46. The highest BCUT2D eigenvalue weighted by atomic mass is 16.6. The second kappa shape index (κ2) is 6.69. The van der Waals surface area contributed by atoms with Gasteiger partial charge in [0, 0.05) is 11.6 Å². The number of nitrogen functional groups attached to an aromatic ring is 1. The second-order valence-corrected chi connectivity index (χ2v) is 6.00. The summed E-state index contributed by atoms with van der Waals surface area (Å²) in [6.45, 7) is 5.33. The van der Waals surface area contributed by atoms with Crippen LogP contribution in [0, 0.1) is 0 Å². The summed E-state index contributed by atoms with van der Waals surface area (Å²) in [5, 5.41) is 6.30. The molecule has 0 saturated carbocycles. The maximum atomic E-state index is 12.1. The van der Waals surface area contributed by atoms with Crippen LogP contribution in [-0.2, 0) is 4.74 Å². The topological polar surface area (TPSA) is 109 Å². The molecule has 8 heteroatoms. The van der Waals surface area contributed by atoms with E-state index in [2.05, 4.69) is 10.5 Å². The van der Waals surface area contributed by atoms with E-state index in [0.717, 1.165) is 0 Å². The summed E-state index contributed by atoms with van der Waals surface area (Å²) in [4.78, 5) is 12.1. The fourth-order valence-electron chi connectivity index (χ4n) is 2.04. The van der Waals surface area contributed by atoms with Gasteiger partial charge in [0.05, 0.1) is 19.9 Å². The van der Waals surface area contributed by atoms with E-state index in [9.17, 15) is 4.79 Å². The van der Waals surface area contributed by atoms with E-state index in [1.807, 2.05) is 0 Å². The van der Waals surface area contributed by atoms with Crippen LogP contribution in [0.3, 0.4) is 0 Å². The normalized spacial score (nSPS) is 11.0. The highest BCUT2D eigenvalue weighted by Gasteiger charge is 2.21. The molecule has 0 aliphatic carbocycles. The van der Waals surface area contributed by atoms with Crippen molar-refractivity contribution in [2.75, 3.05) is 25.3 Å². The Morgan fingerprint density at radius 3 is 2.42 bits per heavy atom. The summed E-state index contributed by atoms with van der Waals surface area (Å²) in [5.41, 5.74) is 5.94. The fraction of sp³-hybridized carbons (Fsp3) is 0.375. The predicted molar refractivity (Wildman–Crippen MR) is 89.3 cm³/mol. The van der Waals surface area contributed by atoms with Crippen molar-refractivity contribution in [3.63, 3.8) is 0 Å². The number of hydrogen-bond donors (Lipinski definition) is 2. The minimum absolute atomic E-state index is 0.251. The van der Waals surface area contributed by atoms with E-state index in [1.165, 1.54) is 14.2 Å². The molecule has 0 unspecified atom stereocenters. The smallest absolute Gasteiger partial charge is 0.412 e. The number of ether oxygens (including phenoxy) is 3. The first-order valence-corrected chi connectivity index (χ1v) is 7.22. The van der Waals surface area contributed by atoms with Gasteiger partial charge >= 0.3 is 6.09 Å². The predicted octanol–water partition coefficient (Wildman–Crippen LogP) is 3.29. The van der Waals surface area contributed by atoms with Gasteiger partial charge in [-0.15, -0.1) is 0 Å². The Morgan fingerprint density at radius 1 is 1.21 bits per heavy atom.